The van der Waals surface area contributed by atoms with Crippen molar-refractivity contribution in [3.63, 3.8) is 0 Å². The Morgan fingerprint density at radius 3 is 2.21 bits per heavy atom. The number of hydrogen-bond donors (Lipinski definition) is 1. The van der Waals surface area contributed by atoms with Gasteiger partial charge in [0, 0.05) is 13.1 Å². The van der Waals surface area contributed by atoms with Gasteiger partial charge in [0.2, 0.25) is 0 Å². The summed E-state index contributed by atoms with van der Waals surface area (Å²) in [7, 11) is 0. The van der Waals surface area contributed by atoms with E-state index in [4.69, 9.17) is 9.47 Å². The first kappa shape index (κ1) is 12.0. The standard InChI is InChI=1S/C9H17NO2.C2H6/c1-7(2)8-3-12-9(6-11-8)4-10-5-9;1-2/h7-8,10H,3-6H2,1-2H3;1-2H3. The molecule has 1 atom stereocenters. The van der Waals surface area contributed by atoms with Crippen LogP contribution in [-0.4, -0.2) is 38.0 Å². The Bertz CT molecular complexity index is 157. The number of hydrogen-bond acceptors (Lipinski definition) is 3. The van der Waals surface area contributed by atoms with Crippen LogP contribution in [0.1, 0.15) is 27.7 Å². The van der Waals surface area contributed by atoms with E-state index < -0.39 is 0 Å². The monoisotopic (exact) mass is 201 g/mol. The highest BCUT2D eigenvalue weighted by Gasteiger charge is 2.42. The third kappa shape index (κ3) is 2.47. The molecule has 0 aromatic rings. The van der Waals surface area contributed by atoms with E-state index >= 15 is 0 Å². The minimum atomic E-state index is 0.0331. The van der Waals surface area contributed by atoms with E-state index in [1.807, 2.05) is 13.8 Å². The Labute approximate surface area is 87.2 Å². The van der Waals surface area contributed by atoms with Gasteiger partial charge in [0.15, 0.2) is 0 Å². The van der Waals surface area contributed by atoms with Gasteiger partial charge in [-0.2, -0.15) is 0 Å². The van der Waals surface area contributed by atoms with Crippen LogP contribution in [0.4, 0.5) is 0 Å². The third-order valence-corrected chi connectivity index (χ3v) is 2.75. The molecule has 0 saturated carbocycles. The second-order valence-corrected chi connectivity index (χ2v) is 4.19. The van der Waals surface area contributed by atoms with Crippen LogP contribution in [0.25, 0.3) is 0 Å². The average Bonchev–Trinajstić information content (AvgIpc) is 2.19. The molecule has 0 aliphatic carbocycles. The van der Waals surface area contributed by atoms with Crippen LogP contribution in [-0.2, 0) is 9.47 Å². The van der Waals surface area contributed by atoms with E-state index in [-0.39, 0.29) is 5.60 Å². The molecule has 3 heteroatoms. The van der Waals surface area contributed by atoms with E-state index in [2.05, 4.69) is 19.2 Å². The zero-order chi connectivity index (χ0) is 10.6. The van der Waals surface area contributed by atoms with Gasteiger partial charge in [0.1, 0.15) is 5.60 Å². The Morgan fingerprint density at radius 1 is 1.29 bits per heavy atom. The fourth-order valence-corrected chi connectivity index (χ4v) is 1.60. The molecule has 2 aliphatic heterocycles. The lowest BCUT2D eigenvalue weighted by Gasteiger charge is -2.47. The molecule has 0 radical (unpaired) electrons. The quantitative estimate of drug-likeness (QED) is 0.696. The van der Waals surface area contributed by atoms with E-state index in [0.29, 0.717) is 12.0 Å². The fourth-order valence-electron chi connectivity index (χ4n) is 1.60. The zero-order valence-electron chi connectivity index (χ0n) is 9.80. The van der Waals surface area contributed by atoms with Gasteiger partial charge in [-0.25, -0.2) is 0 Å². The lowest BCUT2D eigenvalue weighted by molar-refractivity contribution is -0.216. The lowest BCUT2D eigenvalue weighted by atomic mass is 9.95. The molecule has 0 bridgehead atoms. The van der Waals surface area contributed by atoms with Crippen molar-refractivity contribution < 1.29 is 9.47 Å². The summed E-state index contributed by atoms with van der Waals surface area (Å²) in [5.41, 5.74) is 0.0331. The molecule has 1 N–H and O–H groups in total. The van der Waals surface area contributed by atoms with Crippen molar-refractivity contribution in [2.75, 3.05) is 26.3 Å². The molecular formula is C11H23NO2. The maximum atomic E-state index is 5.79. The summed E-state index contributed by atoms with van der Waals surface area (Å²) in [5, 5.41) is 3.21. The predicted octanol–water partition coefficient (Wildman–Crippen LogP) is 1.43. The van der Waals surface area contributed by atoms with Crippen molar-refractivity contribution in [2.24, 2.45) is 5.92 Å². The maximum Gasteiger partial charge on any atom is 0.116 e. The van der Waals surface area contributed by atoms with Crippen molar-refractivity contribution in [1.29, 1.82) is 0 Å². The molecule has 1 unspecified atom stereocenters. The highest BCUT2D eigenvalue weighted by Crippen LogP contribution is 2.25. The number of nitrogens with one attached hydrogen (secondary N) is 1. The van der Waals surface area contributed by atoms with E-state index in [9.17, 15) is 0 Å². The first-order valence-electron chi connectivity index (χ1n) is 5.68. The third-order valence-electron chi connectivity index (χ3n) is 2.75. The first-order valence-corrected chi connectivity index (χ1v) is 5.68. The highest BCUT2D eigenvalue weighted by atomic mass is 16.6. The molecular weight excluding hydrogens is 178 g/mol. The summed E-state index contributed by atoms with van der Waals surface area (Å²) < 4.78 is 11.5. The topological polar surface area (TPSA) is 30.5 Å². The lowest BCUT2D eigenvalue weighted by Crippen LogP contribution is -2.66. The van der Waals surface area contributed by atoms with Crippen LogP contribution in [0.5, 0.6) is 0 Å². The van der Waals surface area contributed by atoms with E-state index in [1.165, 1.54) is 0 Å². The second-order valence-electron chi connectivity index (χ2n) is 4.19. The molecule has 3 nitrogen and oxygen atoms in total. The van der Waals surface area contributed by atoms with Gasteiger partial charge >= 0.3 is 0 Å². The summed E-state index contributed by atoms with van der Waals surface area (Å²) in [4.78, 5) is 0. The molecule has 2 rings (SSSR count). The van der Waals surface area contributed by atoms with Gasteiger partial charge in [-0.1, -0.05) is 27.7 Å². The predicted molar refractivity (Wildman–Crippen MR) is 57.5 cm³/mol. The smallest absolute Gasteiger partial charge is 0.116 e. The Morgan fingerprint density at radius 2 is 1.93 bits per heavy atom. The SMILES string of the molecule is CC.CC(C)C1COC2(CNC2)CO1. The minimum absolute atomic E-state index is 0.0331. The molecule has 0 aromatic heterocycles. The van der Waals surface area contributed by atoms with Gasteiger partial charge in [-0.15, -0.1) is 0 Å². The largest absolute Gasteiger partial charge is 0.372 e. The molecule has 1 spiro atoms. The van der Waals surface area contributed by atoms with Crippen LogP contribution in [0, 0.1) is 5.92 Å². The number of rotatable bonds is 1. The van der Waals surface area contributed by atoms with Crippen LogP contribution in [0.15, 0.2) is 0 Å². The summed E-state index contributed by atoms with van der Waals surface area (Å²) in [6, 6.07) is 0. The van der Waals surface area contributed by atoms with E-state index in [1.54, 1.807) is 0 Å². The van der Waals surface area contributed by atoms with Gasteiger partial charge in [-0.05, 0) is 5.92 Å². The van der Waals surface area contributed by atoms with E-state index in [0.717, 1.165) is 26.3 Å². The molecule has 0 aromatic carbocycles. The van der Waals surface area contributed by atoms with Crippen molar-refractivity contribution in [1.82, 2.24) is 5.32 Å². The molecule has 2 fully saturated rings. The van der Waals surface area contributed by atoms with Crippen LogP contribution >= 0.6 is 0 Å². The molecule has 14 heavy (non-hydrogen) atoms. The zero-order valence-corrected chi connectivity index (χ0v) is 9.80. The van der Waals surface area contributed by atoms with Crippen LogP contribution in [0.2, 0.25) is 0 Å². The van der Waals surface area contributed by atoms with Crippen molar-refractivity contribution >= 4 is 0 Å². The molecule has 84 valence electrons. The van der Waals surface area contributed by atoms with Gasteiger partial charge in [-0.3, -0.25) is 0 Å². The van der Waals surface area contributed by atoms with Gasteiger partial charge in [0.05, 0.1) is 19.3 Å². The maximum absolute atomic E-state index is 5.79. The molecule has 2 heterocycles. The van der Waals surface area contributed by atoms with Gasteiger partial charge < -0.3 is 14.8 Å². The second kappa shape index (κ2) is 5.10. The van der Waals surface area contributed by atoms with Crippen LogP contribution in [0.3, 0.4) is 0 Å². The average molecular weight is 201 g/mol. The number of ether oxygens (including phenoxy) is 2. The van der Waals surface area contributed by atoms with Gasteiger partial charge in [0.25, 0.3) is 0 Å². The van der Waals surface area contributed by atoms with Crippen molar-refractivity contribution in [2.45, 2.75) is 39.4 Å². The summed E-state index contributed by atoms with van der Waals surface area (Å²) in [5.74, 6) is 0.565. The van der Waals surface area contributed by atoms with Crippen molar-refractivity contribution in [3.8, 4) is 0 Å². The highest BCUT2D eigenvalue weighted by molar-refractivity contribution is 4.97. The summed E-state index contributed by atoms with van der Waals surface area (Å²) >= 11 is 0. The fraction of sp³-hybridized carbons (Fsp3) is 1.00. The van der Waals surface area contributed by atoms with Crippen LogP contribution < -0.4 is 5.32 Å². The Hall–Kier alpha value is -0.120. The Balaban J connectivity index is 0.000000461. The minimum Gasteiger partial charge on any atom is -0.372 e. The van der Waals surface area contributed by atoms with Crippen molar-refractivity contribution in [3.05, 3.63) is 0 Å². The first-order chi connectivity index (χ1) is 6.72. The summed E-state index contributed by atoms with van der Waals surface area (Å²) in [6.45, 7) is 11.8. The molecule has 2 aliphatic rings. The summed E-state index contributed by atoms with van der Waals surface area (Å²) in [6.07, 6.45) is 0.302. The Kier molecular flexibility index (Phi) is 4.35. The molecule has 2 saturated heterocycles. The normalized spacial score (nSPS) is 29.4. The molecule has 0 amide bonds.